The Morgan fingerprint density at radius 3 is 2.00 bits per heavy atom. The van der Waals surface area contributed by atoms with Crippen LogP contribution < -0.4 is 0 Å². The van der Waals surface area contributed by atoms with Crippen LogP contribution in [0.3, 0.4) is 0 Å². The number of halogens is 7. The summed E-state index contributed by atoms with van der Waals surface area (Å²) in [5, 5.41) is 9.89. The van der Waals surface area contributed by atoms with Crippen molar-refractivity contribution in [2.45, 2.75) is 17.7 Å². The molecule has 1 N–H and O–H groups in total. The second-order valence-electron chi connectivity index (χ2n) is 4.77. The molecule has 0 aliphatic rings. The highest BCUT2D eigenvalue weighted by molar-refractivity contribution is 6.31. The van der Waals surface area contributed by atoms with E-state index in [0.29, 0.717) is 6.07 Å². The molecule has 8 heteroatoms. The van der Waals surface area contributed by atoms with E-state index in [1.165, 1.54) is 6.07 Å². The first-order valence-electron chi connectivity index (χ1n) is 6.20. The molecule has 124 valence electrons. The molecule has 0 saturated carbocycles. The quantitative estimate of drug-likeness (QED) is 0.776. The molecule has 2 rings (SSSR count). The first-order valence-corrected chi connectivity index (χ1v) is 6.57. The second kappa shape index (κ2) is 5.72. The number of hydrogen-bond acceptors (Lipinski definition) is 1. The van der Waals surface area contributed by atoms with Gasteiger partial charge in [-0.1, -0.05) is 41.9 Å². The third-order valence-corrected chi connectivity index (χ3v) is 3.65. The molecule has 1 unspecified atom stereocenters. The predicted molar refractivity (Wildman–Crippen MR) is 71.9 cm³/mol. The lowest BCUT2D eigenvalue weighted by Gasteiger charge is -2.38. The van der Waals surface area contributed by atoms with Gasteiger partial charge in [0.05, 0.1) is 0 Å². The lowest BCUT2D eigenvalue weighted by molar-refractivity contribution is -0.336. The van der Waals surface area contributed by atoms with Gasteiger partial charge in [-0.2, -0.15) is 22.0 Å². The summed E-state index contributed by atoms with van der Waals surface area (Å²) in [6.45, 7) is 0. The van der Waals surface area contributed by atoms with E-state index in [-0.39, 0.29) is 0 Å². The zero-order valence-electron chi connectivity index (χ0n) is 11.2. The summed E-state index contributed by atoms with van der Waals surface area (Å²) in [6.07, 6.45) is -6.09. The Morgan fingerprint density at radius 1 is 0.870 bits per heavy atom. The molecule has 1 nitrogen and oxygen atoms in total. The summed E-state index contributed by atoms with van der Waals surface area (Å²) in [7, 11) is 0. The van der Waals surface area contributed by atoms with Crippen LogP contribution >= 0.6 is 11.6 Å². The van der Waals surface area contributed by atoms with Gasteiger partial charge < -0.3 is 5.11 Å². The number of hydrogen-bond donors (Lipinski definition) is 1. The number of aliphatic hydroxyl groups is 1. The summed E-state index contributed by atoms with van der Waals surface area (Å²) in [4.78, 5) is 0. The standard InChI is InChI=1S/C15H9ClF6O/c16-12-7-2-1-6-11(12)13(23,14(18,19)15(20,21)22)9-4-3-5-10(17)8-9/h1-8,23H. The van der Waals surface area contributed by atoms with Crippen LogP contribution in [-0.2, 0) is 5.60 Å². The maximum atomic E-state index is 14.1. The fraction of sp³-hybridized carbons (Fsp3) is 0.200. The molecule has 0 radical (unpaired) electrons. The van der Waals surface area contributed by atoms with Gasteiger partial charge >= 0.3 is 12.1 Å². The second-order valence-corrected chi connectivity index (χ2v) is 5.18. The van der Waals surface area contributed by atoms with E-state index in [2.05, 4.69) is 0 Å². The average Bonchev–Trinajstić information content (AvgIpc) is 2.45. The van der Waals surface area contributed by atoms with Gasteiger partial charge in [0.25, 0.3) is 0 Å². The molecule has 2 aromatic rings. The highest BCUT2D eigenvalue weighted by atomic mass is 35.5. The van der Waals surface area contributed by atoms with Crippen LogP contribution in [0.5, 0.6) is 0 Å². The maximum Gasteiger partial charge on any atom is 0.457 e. The van der Waals surface area contributed by atoms with Crippen molar-refractivity contribution in [3.05, 3.63) is 70.5 Å². The van der Waals surface area contributed by atoms with Crippen LogP contribution in [-0.4, -0.2) is 17.2 Å². The van der Waals surface area contributed by atoms with Crippen LogP contribution in [0.4, 0.5) is 26.3 Å². The van der Waals surface area contributed by atoms with Gasteiger partial charge in [0.15, 0.2) is 5.60 Å². The van der Waals surface area contributed by atoms with Crippen molar-refractivity contribution >= 4 is 11.6 Å². The molecule has 2 aromatic carbocycles. The molecule has 1 atom stereocenters. The topological polar surface area (TPSA) is 20.2 Å². The van der Waals surface area contributed by atoms with Crippen LogP contribution in [0.15, 0.2) is 48.5 Å². The average molecular weight is 355 g/mol. The summed E-state index contributed by atoms with van der Waals surface area (Å²) in [5.74, 6) is -6.69. The first-order chi connectivity index (χ1) is 10.5. The van der Waals surface area contributed by atoms with E-state index in [4.69, 9.17) is 11.6 Å². The van der Waals surface area contributed by atoms with E-state index in [1.54, 1.807) is 0 Å². The lowest BCUT2D eigenvalue weighted by atomic mass is 9.80. The van der Waals surface area contributed by atoms with Crippen molar-refractivity contribution < 1.29 is 31.4 Å². The van der Waals surface area contributed by atoms with E-state index in [9.17, 15) is 31.4 Å². The van der Waals surface area contributed by atoms with Gasteiger partial charge in [-0.3, -0.25) is 0 Å². The Morgan fingerprint density at radius 2 is 1.48 bits per heavy atom. The predicted octanol–water partition coefficient (Wildman–Crippen LogP) is 4.91. The molecule has 0 aliphatic heterocycles. The summed E-state index contributed by atoms with van der Waals surface area (Å²) >= 11 is 5.70. The minimum absolute atomic E-state index is 0.406. The smallest absolute Gasteiger partial charge is 0.374 e. The zero-order valence-corrected chi connectivity index (χ0v) is 12.0. The van der Waals surface area contributed by atoms with Gasteiger partial charge in [0.2, 0.25) is 0 Å². The number of benzene rings is 2. The Balaban J connectivity index is 2.83. The Labute approximate surface area is 132 Å². The number of alkyl halides is 5. The van der Waals surface area contributed by atoms with Crippen molar-refractivity contribution in [1.29, 1.82) is 0 Å². The minimum atomic E-state index is -6.09. The van der Waals surface area contributed by atoms with E-state index in [1.807, 2.05) is 0 Å². The van der Waals surface area contributed by atoms with Crippen LogP contribution in [0, 0.1) is 5.82 Å². The van der Waals surface area contributed by atoms with Gasteiger partial charge in [0.1, 0.15) is 5.82 Å². The van der Waals surface area contributed by atoms with Crippen LogP contribution in [0.1, 0.15) is 11.1 Å². The third-order valence-electron chi connectivity index (χ3n) is 3.32. The molecular weight excluding hydrogens is 346 g/mol. The number of rotatable bonds is 3. The fourth-order valence-corrected chi connectivity index (χ4v) is 2.45. The molecule has 23 heavy (non-hydrogen) atoms. The Bertz CT molecular complexity index is 715. The molecule has 0 aliphatic carbocycles. The van der Waals surface area contributed by atoms with E-state index < -0.39 is 39.7 Å². The molecule has 0 bridgehead atoms. The largest absolute Gasteiger partial charge is 0.457 e. The third kappa shape index (κ3) is 2.79. The van der Waals surface area contributed by atoms with Crippen LogP contribution in [0.25, 0.3) is 0 Å². The minimum Gasteiger partial charge on any atom is -0.374 e. The Hall–Kier alpha value is -1.73. The first kappa shape index (κ1) is 17.6. The van der Waals surface area contributed by atoms with Crippen molar-refractivity contribution in [1.82, 2.24) is 0 Å². The molecule has 0 saturated heterocycles. The normalized spacial score (nSPS) is 15.3. The van der Waals surface area contributed by atoms with E-state index in [0.717, 1.165) is 36.4 Å². The Kier molecular flexibility index (Phi) is 4.38. The molecular formula is C15H9ClF6O. The summed E-state index contributed by atoms with van der Waals surface area (Å²) < 4.78 is 80.2. The highest BCUT2D eigenvalue weighted by Gasteiger charge is 2.71. The van der Waals surface area contributed by atoms with Gasteiger partial charge in [-0.15, -0.1) is 0 Å². The van der Waals surface area contributed by atoms with Gasteiger partial charge in [-0.25, -0.2) is 4.39 Å². The summed E-state index contributed by atoms with van der Waals surface area (Å²) in [6, 6.07) is 7.25. The van der Waals surface area contributed by atoms with Crippen molar-refractivity contribution in [2.24, 2.45) is 0 Å². The maximum absolute atomic E-state index is 14.1. The molecule has 0 fully saturated rings. The van der Waals surface area contributed by atoms with Crippen molar-refractivity contribution in [3.8, 4) is 0 Å². The van der Waals surface area contributed by atoms with E-state index >= 15 is 0 Å². The molecule has 0 amide bonds. The molecule has 0 aromatic heterocycles. The van der Waals surface area contributed by atoms with Crippen molar-refractivity contribution in [3.63, 3.8) is 0 Å². The SMILES string of the molecule is OC(c1cccc(F)c1)(c1ccccc1Cl)C(F)(F)C(F)(F)F. The molecule has 0 heterocycles. The highest BCUT2D eigenvalue weighted by Crippen LogP contribution is 2.53. The van der Waals surface area contributed by atoms with Crippen LogP contribution in [0.2, 0.25) is 5.02 Å². The zero-order chi connectivity index (χ0) is 17.5. The van der Waals surface area contributed by atoms with Gasteiger partial charge in [-0.05, 0) is 23.8 Å². The summed E-state index contributed by atoms with van der Waals surface area (Å²) in [5.41, 5.74) is -5.73. The molecule has 0 spiro atoms. The monoisotopic (exact) mass is 354 g/mol. The lowest BCUT2D eigenvalue weighted by Crippen LogP contribution is -2.55. The van der Waals surface area contributed by atoms with Crippen molar-refractivity contribution in [2.75, 3.05) is 0 Å². The van der Waals surface area contributed by atoms with Gasteiger partial charge in [0, 0.05) is 10.6 Å². The fourth-order valence-electron chi connectivity index (χ4n) is 2.18.